The van der Waals surface area contributed by atoms with E-state index in [1.165, 1.54) is 0 Å². The highest BCUT2D eigenvalue weighted by atomic mass is 35.5. The fraction of sp³-hybridized carbons (Fsp3) is 0.455. The lowest BCUT2D eigenvalue weighted by atomic mass is 10.2. The van der Waals surface area contributed by atoms with Gasteiger partial charge in [0.15, 0.2) is 0 Å². The number of halogens is 1. The van der Waals surface area contributed by atoms with Crippen molar-refractivity contribution in [2.24, 2.45) is 0 Å². The molecule has 1 N–H and O–H groups in total. The third-order valence-electron chi connectivity index (χ3n) is 1.76. The quantitative estimate of drug-likeness (QED) is 0.633. The first kappa shape index (κ1) is 11.8. The van der Waals surface area contributed by atoms with Crippen molar-refractivity contribution in [2.75, 3.05) is 11.9 Å². The molecule has 0 aliphatic heterocycles. The second-order valence-corrected chi connectivity index (χ2v) is 3.76. The second-order valence-electron chi connectivity index (χ2n) is 3.37. The van der Waals surface area contributed by atoms with Crippen molar-refractivity contribution >= 4 is 17.4 Å². The van der Waals surface area contributed by atoms with Gasteiger partial charge in [-0.25, -0.2) is 9.97 Å². The van der Waals surface area contributed by atoms with E-state index < -0.39 is 0 Å². The van der Waals surface area contributed by atoms with E-state index in [4.69, 9.17) is 11.6 Å². The second kappa shape index (κ2) is 5.57. The molecule has 1 rings (SSSR count). The van der Waals surface area contributed by atoms with Crippen LogP contribution in [0.15, 0.2) is 6.07 Å². The normalized spacial score (nSPS) is 9.67. The zero-order valence-electron chi connectivity index (χ0n) is 9.13. The summed E-state index contributed by atoms with van der Waals surface area (Å²) in [6.45, 7) is 6.43. The fourth-order valence-corrected chi connectivity index (χ4v) is 1.20. The third-order valence-corrected chi connectivity index (χ3v) is 1.96. The Morgan fingerprint density at radius 3 is 2.80 bits per heavy atom. The average molecular weight is 224 g/mol. The number of nitrogens with one attached hydrogen (secondary N) is 1. The minimum Gasteiger partial charge on any atom is -0.359 e. The summed E-state index contributed by atoms with van der Waals surface area (Å²) >= 11 is 5.88. The third kappa shape index (κ3) is 3.77. The molecule has 1 aromatic heterocycles. The molecule has 0 bridgehead atoms. The minimum atomic E-state index is 0.265. The predicted octanol–water partition coefficient (Wildman–Crippen LogP) is 2.69. The molecule has 0 amide bonds. The van der Waals surface area contributed by atoms with Crippen LogP contribution in [-0.2, 0) is 0 Å². The van der Waals surface area contributed by atoms with Crippen LogP contribution in [0.25, 0.3) is 0 Å². The molecule has 80 valence electrons. The fourth-order valence-electron chi connectivity index (χ4n) is 1.01. The van der Waals surface area contributed by atoms with Gasteiger partial charge in [-0.3, -0.25) is 0 Å². The standard InChI is InChI=1S/C11H14ClN3/c1-4-5-6-13-10-7-9(12)14-11(15-10)8(2)3/h7-8H,6H2,1-3H3,(H,13,14,15). The largest absolute Gasteiger partial charge is 0.359 e. The zero-order chi connectivity index (χ0) is 11.3. The maximum atomic E-state index is 5.88. The topological polar surface area (TPSA) is 37.8 Å². The Bertz CT molecular complexity index is 391. The Hall–Kier alpha value is -1.27. The summed E-state index contributed by atoms with van der Waals surface area (Å²) in [6.07, 6.45) is 0. The van der Waals surface area contributed by atoms with Gasteiger partial charge in [0, 0.05) is 12.0 Å². The van der Waals surface area contributed by atoms with Crippen LogP contribution in [0, 0.1) is 11.8 Å². The average Bonchev–Trinajstić information content (AvgIpc) is 2.17. The van der Waals surface area contributed by atoms with Gasteiger partial charge in [-0.15, -0.1) is 5.92 Å². The highest BCUT2D eigenvalue weighted by molar-refractivity contribution is 6.29. The molecule has 0 aromatic carbocycles. The molecular formula is C11H14ClN3. The van der Waals surface area contributed by atoms with Crippen molar-refractivity contribution in [1.82, 2.24) is 9.97 Å². The lowest BCUT2D eigenvalue weighted by molar-refractivity contribution is 0.775. The van der Waals surface area contributed by atoms with Gasteiger partial charge in [0.2, 0.25) is 0 Å². The number of hydrogen-bond donors (Lipinski definition) is 1. The van der Waals surface area contributed by atoms with E-state index in [0.717, 1.165) is 11.6 Å². The molecule has 15 heavy (non-hydrogen) atoms. The smallest absolute Gasteiger partial charge is 0.135 e. The van der Waals surface area contributed by atoms with Gasteiger partial charge in [0.25, 0.3) is 0 Å². The van der Waals surface area contributed by atoms with Crippen molar-refractivity contribution in [2.45, 2.75) is 26.7 Å². The van der Waals surface area contributed by atoms with Crippen LogP contribution in [0.2, 0.25) is 5.15 Å². The molecule has 0 unspecified atom stereocenters. The zero-order valence-corrected chi connectivity index (χ0v) is 9.89. The molecule has 0 spiro atoms. The summed E-state index contributed by atoms with van der Waals surface area (Å²) in [6, 6.07) is 1.70. The molecule has 0 saturated heterocycles. The van der Waals surface area contributed by atoms with Crippen molar-refractivity contribution in [3.8, 4) is 11.8 Å². The molecule has 3 nitrogen and oxygen atoms in total. The molecule has 0 aliphatic carbocycles. The van der Waals surface area contributed by atoms with E-state index in [9.17, 15) is 0 Å². The molecule has 0 radical (unpaired) electrons. The van der Waals surface area contributed by atoms with Gasteiger partial charge in [0.1, 0.15) is 16.8 Å². The predicted molar refractivity (Wildman–Crippen MR) is 63.1 cm³/mol. The highest BCUT2D eigenvalue weighted by Crippen LogP contribution is 2.16. The van der Waals surface area contributed by atoms with Crippen LogP contribution < -0.4 is 5.32 Å². The van der Waals surface area contributed by atoms with Gasteiger partial charge in [-0.1, -0.05) is 31.4 Å². The van der Waals surface area contributed by atoms with Crippen LogP contribution in [0.3, 0.4) is 0 Å². The number of aromatic nitrogens is 2. The molecule has 0 fully saturated rings. The first-order chi connectivity index (χ1) is 7.13. The Kier molecular flexibility index (Phi) is 4.38. The molecule has 1 heterocycles. The molecule has 0 saturated carbocycles. The summed E-state index contributed by atoms with van der Waals surface area (Å²) < 4.78 is 0. The Labute approximate surface area is 95.3 Å². The summed E-state index contributed by atoms with van der Waals surface area (Å²) in [7, 11) is 0. The highest BCUT2D eigenvalue weighted by Gasteiger charge is 2.06. The summed E-state index contributed by atoms with van der Waals surface area (Å²) in [4.78, 5) is 8.47. The summed E-state index contributed by atoms with van der Waals surface area (Å²) in [5.74, 6) is 7.44. The van der Waals surface area contributed by atoms with Crippen LogP contribution in [0.1, 0.15) is 32.5 Å². The Morgan fingerprint density at radius 2 is 2.20 bits per heavy atom. The number of nitrogens with zero attached hydrogens (tertiary/aromatic N) is 2. The summed E-state index contributed by atoms with van der Waals surface area (Å²) in [5.41, 5.74) is 0. The van der Waals surface area contributed by atoms with Crippen LogP contribution in [-0.4, -0.2) is 16.5 Å². The molecule has 0 aliphatic rings. The monoisotopic (exact) mass is 223 g/mol. The van der Waals surface area contributed by atoms with Gasteiger partial charge in [-0.2, -0.15) is 0 Å². The maximum Gasteiger partial charge on any atom is 0.135 e. The minimum absolute atomic E-state index is 0.265. The van der Waals surface area contributed by atoms with E-state index in [1.807, 2.05) is 13.8 Å². The lowest BCUT2D eigenvalue weighted by Crippen LogP contribution is -2.05. The molecule has 1 aromatic rings. The number of anilines is 1. The Balaban J connectivity index is 2.82. The van der Waals surface area contributed by atoms with Crippen LogP contribution in [0.4, 0.5) is 5.82 Å². The SMILES string of the molecule is CC#CCNc1cc(Cl)nc(C(C)C)n1. The van der Waals surface area contributed by atoms with E-state index in [1.54, 1.807) is 13.0 Å². The van der Waals surface area contributed by atoms with Gasteiger partial charge in [0.05, 0.1) is 6.54 Å². The van der Waals surface area contributed by atoms with Crippen molar-refractivity contribution in [1.29, 1.82) is 0 Å². The van der Waals surface area contributed by atoms with Crippen molar-refractivity contribution in [3.05, 3.63) is 17.0 Å². The first-order valence-corrected chi connectivity index (χ1v) is 5.19. The maximum absolute atomic E-state index is 5.88. The van der Waals surface area contributed by atoms with Crippen LogP contribution in [0.5, 0.6) is 0 Å². The van der Waals surface area contributed by atoms with E-state index in [-0.39, 0.29) is 5.92 Å². The first-order valence-electron chi connectivity index (χ1n) is 4.81. The van der Waals surface area contributed by atoms with Gasteiger partial charge in [-0.05, 0) is 6.92 Å². The van der Waals surface area contributed by atoms with E-state index in [0.29, 0.717) is 11.7 Å². The number of hydrogen-bond acceptors (Lipinski definition) is 3. The summed E-state index contributed by atoms with van der Waals surface area (Å²) in [5, 5.41) is 3.53. The van der Waals surface area contributed by atoms with Crippen LogP contribution >= 0.6 is 11.6 Å². The molecular weight excluding hydrogens is 210 g/mol. The van der Waals surface area contributed by atoms with Gasteiger partial charge >= 0.3 is 0 Å². The Morgan fingerprint density at radius 1 is 1.47 bits per heavy atom. The van der Waals surface area contributed by atoms with Crippen molar-refractivity contribution in [3.63, 3.8) is 0 Å². The van der Waals surface area contributed by atoms with E-state index >= 15 is 0 Å². The lowest BCUT2D eigenvalue weighted by Gasteiger charge is -2.07. The van der Waals surface area contributed by atoms with Gasteiger partial charge < -0.3 is 5.32 Å². The molecule has 4 heteroatoms. The van der Waals surface area contributed by atoms with Crippen molar-refractivity contribution < 1.29 is 0 Å². The molecule has 0 atom stereocenters. The van der Waals surface area contributed by atoms with E-state index in [2.05, 4.69) is 27.1 Å². The number of rotatable bonds is 3.